The molecule has 0 fully saturated rings. The summed E-state index contributed by atoms with van der Waals surface area (Å²) in [4.78, 5) is 7.80. The van der Waals surface area contributed by atoms with E-state index in [0.29, 0.717) is 0 Å². The van der Waals surface area contributed by atoms with E-state index < -0.39 is 0 Å². The lowest BCUT2D eigenvalue weighted by Crippen LogP contribution is -2.19. The van der Waals surface area contributed by atoms with Crippen LogP contribution in [0, 0.1) is 0 Å². The van der Waals surface area contributed by atoms with E-state index in [9.17, 15) is 0 Å². The maximum absolute atomic E-state index is 3.91. The smallest absolute Gasteiger partial charge is 0.168 e. The van der Waals surface area contributed by atoms with Crippen molar-refractivity contribution in [2.75, 3.05) is 14.1 Å². The minimum absolute atomic E-state index is 0.734. The molecule has 0 unspecified atom stereocenters. The number of rotatable bonds is 0. The SMILES string of the molecule is CN=C1C=NNC1=NC. The van der Waals surface area contributed by atoms with E-state index in [2.05, 4.69) is 20.5 Å². The van der Waals surface area contributed by atoms with Gasteiger partial charge in [-0.1, -0.05) is 0 Å². The third-order valence-corrected chi connectivity index (χ3v) is 1.06. The Hall–Kier alpha value is -1.19. The lowest BCUT2D eigenvalue weighted by molar-refractivity contribution is 1.06. The maximum atomic E-state index is 3.91. The molecular weight excluding hydrogens is 116 g/mol. The van der Waals surface area contributed by atoms with Crippen molar-refractivity contribution in [2.24, 2.45) is 15.1 Å². The van der Waals surface area contributed by atoms with Crippen LogP contribution < -0.4 is 5.43 Å². The first-order chi connectivity index (χ1) is 4.38. The number of aliphatic imine (C=N–C) groups is 2. The molecule has 0 saturated heterocycles. The van der Waals surface area contributed by atoms with Crippen molar-refractivity contribution in [3.05, 3.63) is 0 Å². The van der Waals surface area contributed by atoms with Crippen molar-refractivity contribution in [2.45, 2.75) is 0 Å². The summed E-state index contributed by atoms with van der Waals surface area (Å²) >= 11 is 0. The van der Waals surface area contributed by atoms with Crippen LogP contribution in [0.15, 0.2) is 15.1 Å². The summed E-state index contributed by atoms with van der Waals surface area (Å²) in [7, 11) is 3.40. The van der Waals surface area contributed by atoms with Crippen molar-refractivity contribution in [3.8, 4) is 0 Å². The molecule has 0 aromatic heterocycles. The lowest BCUT2D eigenvalue weighted by atomic mass is 10.4. The first-order valence-corrected chi connectivity index (χ1v) is 2.61. The molecule has 1 aliphatic heterocycles. The van der Waals surface area contributed by atoms with Crippen LogP contribution in [0.4, 0.5) is 0 Å². The van der Waals surface area contributed by atoms with Crippen molar-refractivity contribution < 1.29 is 0 Å². The van der Waals surface area contributed by atoms with Gasteiger partial charge >= 0.3 is 0 Å². The molecule has 0 radical (unpaired) electrons. The monoisotopic (exact) mass is 124 g/mol. The van der Waals surface area contributed by atoms with E-state index in [-0.39, 0.29) is 0 Å². The summed E-state index contributed by atoms with van der Waals surface area (Å²) < 4.78 is 0. The molecule has 4 heteroatoms. The van der Waals surface area contributed by atoms with Gasteiger partial charge in [0.2, 0.25) is 0 Å². The third kappa shape index (κ3) is 0.960. The van der Waals surface area contributed by atoms with Gasteiger partial charge in [-0.2, -0.15) is 5.10 Å². The van der Waals surface area contributed by atoms with Crippen LogP contribution in [0.1, 0.15) is 0 Å². The van der Waals surface area contributed by atoms with Crippen molar-refractivity contribution in [3.63, 3.8) is 0 Å². The minimum atomic E-state index is 0.734. The first-order valence-electron chi connectivity index (χ1n) is 2.61. The predicted molar refractivity (Wildman–Crippen MR) is 38.3 cm³/mol. The quantitative estimate of drug-likeness (QED) is 0.472. The Balaban J connectivity index is 2.84. The number of hydrazone groups is 1. The van der Waals surface area contributed by atoms with Crippen LogP contribution in [0.3, 0.4) is 0 Å². The van der Waals surface area contributed by atoms with E-state index in [1.165, 1.54) is 0 Å². The van der Waals surface area contributed by atoms with E-state index in [1.807, 2.05) is 0 Å². The highest BCUT2D eigenvalue weighted by Gasteiger charge is 2.08. The summed E-state index contributed by atoms with van der Waals surface area (Å²) in [6.45, 7) is 0. The van der Waals surface area contributed by atoms with Gasteiger partial charge in [-0.3, -0.25) is 15.4 Å². The van der Waals surface area contributed by atoms with Gasteiger partial charge in [-0.05, 0) is 0 Å². The number of nitrogens with one attached hydrogen (secondary N) is 1. The fraction of sp³-hybridized carbons (Fsp3) is 0.400. The molecule has 1 aliphatic rings. The molecule has 1 N–H and O–H groups in total. The summed E-state index contributed by atoms with van der Waals surface area (Å²) in [6.07, 6.45) is 1.64. The molecule has 0 spiro atoms. The van der Waals surface area contributed by atoms with E-state index >= 15 is 0 Å². The first kappa shape index (κ1) is 5.94. The van der Waals surface area contributed by atoms with Gasteiger partial charge in [0.15, 0.2) is 5.84 Å². The van der Waals surface area contributed by atoms with Crippen LogP contribution in [-0.2, 0) is 0 Å². The second-order valence-corrected chi connectivity index (χ2v) is 1.55. The molecule has 9 heavy (non-hydrogen) atoms. The molecule has 0 aromatic rings. The van der Waals surface area contributed by atoms with Gasteiger partial charge in [-0.25, -0.2) is 0 Å². The average molecular weight is 124 g/mol. The molecule has 48 valence electrons. The molecule has 4 nitrogen and oxygen atoms in total. The zero-order valence-corrected chi connectivity index (χ0v) is 5.42. The van der Waals surface area contributed by atoms with Gasteiger partial charge in [0.25, 0.3) is 0 Å². The summed E-state index contributed by atoms with van der Waals surface area (Å²) in [5.74, 6) is 0.734. The molecule has 0 atom stereocenters. The molecule has 0 aliphatic carbocycles. The van der Waals surface area contributed by atoms with Crippen LogP contribution in [-0.4, -0.2) is 31.9 Å². The van der Waals surface area contributed by atoms with E-state index in [0.717, 1.165) is 11.5 Å². The topological polar surface area (TPSA) is 49.1 Å². The van der Waals surface area contributed by atoms with Crippen LogP contribution in [0.5, 0.6) is 0 Å². The summed E-state index contributed by atoms with van der Waals surface area (Å²) in [6, 6.07) is 0. The molecule has 0 saturated carbocycles. The Labute approximate surface area is 53.4 Å². The maximum Gasteiger partial charge on any atom is 0.168 e. The Kier molecular flexibility index (Phi) is 1.58. The molecule has 0 bridgehead atoms. The zero-order valence-electron chi connectivity index (χ0n) is 5.42. The molecule has 0 amide bonds. The summed E-state index contributed by atoms with van der Waals surface area (Å²) in [5.41, 5.74) is 3.50. The second kappa shape index (κ2) is 2.39. The Morgan fingerprint density at radius 2 is 2.22 bits per heavy atom. The predicted octanol–water partition coefficient (Wildman–Crippen LogP) is -0.326. The van der Waals surface area contributed by atoms with Gasteiger partial charge in [-0.15, -0.1) is 0 Å². The molecule has 0 aromatic carbocycles. The summed E-state index contributed by atoms with van der Waals surface area (Å²) in [5, 5.41) is 3.75. The van der Waals surface area contributed by atoms with Crippen molar-refractivity contribution >= 4 is 17.8 Å². The van der Waals surface area contributed by atoms with Crippen LogP contribution in [0.2, 0.25) is 0 Å². The third-order valence-electron chi connectivity index (χ3n) is 1.06. The van der Waals surface area contributed by atoms with Gasteiger partial charge < -0.3 is 0 Å². The van der Waals surface area contributed by atoms with Crippen molar-refractivity contribution in [1.82, 2.24) is 5.43 Å². The highest BCUT2D eigenvalue weighted by molar-refractivity contribution is 6.64. The Morgan fingerprint density at radius 1 is 1.44 bits per heavy atom. The minimum Gasteiger partial charge on any atom is -0.283 e. The molecular formula is C5H8N4. The standard InChI is InChI=1S/C5H8N4/c1-6-4-3-8-9-5(4)7-2/h3H,1-2H3,(H,6,7,9). The number of amidine groups is 1. The average Bonchev–Trinajstić information content (AvgIpc) is 2.33. The second-order valence-electron chi connectivity index (χ2n) is 1.55. The van der Waals surface area contributed by atoms with Gasteiger partial charge in [0.05, 0.1) is 6.21 Å². The normalized spacial score (nSPS) is 25.6. The number of hydrogen-bond donors (Lipinski definition) is 1. The fourth-order valence-electron chi connectivity index (χ4n) is 0.601. The molecule has 1 heterocycles. The largest absolute Gasteiger partial charge is 0.283 e. The van der Waals surface area contributed by atoms with E-state index in [4.69, 9.17) is 0 Å². The van der Waals surface area contributed by atoms with Gasteiger partial charge in [0, 0.05) is 14.1 Å². The Morgan fingerprint density at radius 3 is 2.67 bits per heavy atom. The van der Waals surface area contributed by atoms with Crippen molar-refractivity contribution in [1.29, 1.82) is 0 Å². The number of hydrogen-bond acceptors (Lipinski definition) is 3. The Bertz CT molecular complexity index is 189. The van der Waals surface area contributed by atoms with Crippen LogP contribution in [0.25, 0.3) is 0 Å². The zero-order chi connectivity index (χ0) is 6.69. The fourth-order valence-corrected chi connectivity index (χ4v) is 0.601. The van der Waals surface area contributed by atoms with E-state index in [1.54, 1.807) is 20.3 Å². The highest BCUT2D eigenvalue weighted by atomic mass is 15.3. The highest BCUT2D eigenvalue weighted by Crippen LogP contribution is 1.84. The lowest BCUT2D eigenvalue weighted by Gasteiger charge is -1.91. The molecule has 1 rings (SSSR count). The van der Waals surface area contributed by atoms with Gasteiger partial charge in [0.1, 0.15) is 5.71 Å². The van der Waals surface area contributed by atoms with Crippen LogP contribution >= 0.6 is 0 Å². The number of nitrogens with zero attached hydrogens (tertiary/aromatic N) is 3.